The van der Waals surface area contributed by atoms with Crippen molar-refractivity contribution < 1.29 is 24.2 Å². The van der Waals surface area contributed by atoms with E-state index >= 15 is 0 Å². The maximum atomic E-state index is 12.0. The number of nitrogens with one attached hydrogen (secondary N) is 2. The lowest BCUT2D eigenvalue weighted by molar-refractivity contribution is -0.142. The largest absolute Gasteiger partial charge is 0.486 e. The Morgan fingerprint density at radius 1 is 1.12 bits per heavy atom. The summed E-state index contributed by atoms with van der Waals surface area (Å²) < 4.78 is 11.4. The zero-order chi connectivity index (χ0) is 16.9. The van der Waals surface area contributed by atoms with E-state index < -0.39 is 5.97 Å². The number of fused-ring (bicyclic) bond motifs is 1. The van der Waals surface area contributed by atoms with Gasteiger partial charge in [-0.3, -0.25) is 4.79 Å². The van der Waals surface area contributed by atoms with Crippen molar-refractivity contribution in [3.63, 3.8) is 0 Å². The second-order valence-corrected chi connectivity index (χ2v) is 6.24. The first-order valence-corrected chi connectivity index (χ1v) is 8.27. The third kappa shape index (κ3) is 4.10. The van der Waals surface area contributed by atoms with Crippen LogP contribution in [0.25, 0.3) is 0 Å². The summed E-state index contributed by atoms with van der Waals surface area (Å²) in [5.41, 5.74) is 0. The molecule has 1 aliphatic heterocycles. The second-order valence-electron chi connectivity index (χ2n) is 6.24. The average Bonchev–Trinajstić information content (AvgIpc) is 2.60. The molecule has 1 saturated carbocycles. The molecule has 1 aliphatic carbocycles. The van der Waals surface area contributed by atoms with Gasteiger partial charge in [-0.1, -0.05) is 12.1 Å². The molecule has 0 bridgehead atoms. The Labute approximate surface area is 140 Å². The van der Waals surface area contributed by atoms with Gasteiger partial charge < -0.3 is 25.2 Å². The Balaban J connectivity index is 1.38. The van der Waals surface area contributed by atoms with Crippen molar-refractivity contribution in [1.29, 1.82) is 0 Å². The number of carbonyl (C=O) groups is 2. The Morgan fingerprint density at radius 3 is 2.54 bits per heavy atom. The molecule has 24 heavy (non-hydrogen) atoms. The van der Waals surface area contributed by atoms with Gasteiger partial charge in [0.1, 0.15) is 6.61 Å². The average molecular weight is 334 g/mol. The van der Waals surface area contributed by atoms with E-state index in [0.717, 1.165) is 0 Å². The quantitative estimate of drug-likeness (QED) is 0.780. The van der Waals surface area contributed by atoms with E-state index in [-0.39, 0.29) is 24.1 Å². The maximum absolute atomic E-state index is 12.0. The summed E-state index contributed by atoms with van der Waals surface area (Å²) >= 11 is 0. The molecule has 1 aromatic rings. The number of benzene rings is 1. The molecule has 3 N–H and O–H groups in total. The fourth-order valence-corrected chi connectivity index (χ4v) is 3.09. The molecular weight excluding hydrogens is 312 g/mol. The molecule has 7 heteroatoms. The number of aliphatic carboxylic acids is 1. The fourth-order valence-electron chi connectivity index (χ4n) is 3.09. The van der Waals surface area contributed by atoms with Crippen molar-refractivity contribution in [3.05, 3.63) is 24.3 Å². The van der Waals surface area contributed by atoms with Crippen LogP contribution in [0.2, 0.25) is 0 Å². The molecule has 1 atom stereocenters. The van der Waals surface area contributed by atoms with Gasteiger partial charge in [0.05, 0.1) is 12.5 Å². The lowest BCUT2D eigenvalue weighted by Gasteiger charge is -2.28. The highest BCUT2D eigenvalue weighted by Crippen LogP contribution is 2.30. The molecule has 1 heterocycles. The minimum atomic E-state index is -0.743. The number of para-hydroxylation sites is 2. The number of ether oxygens (including phenoxy) is 2. The van der Waals surface area contributed by atoms with E-state index in [2.05, 4.69) is 10.6 Å². The number of rotatable bonds is 4. The molecule has 0 spiro atoms. The van der Waals surface area contributed by atoms with Crippen LogP contribution in [0.15, 0.2) is 24.3 Å². The van der Waals surface area contributed by atoms with Crippen molar-refractivity contribution in [2.45, 2.75) is 37.8 Å². The van der Waals surface area contributed by atoms with E-state index in [9.17, 15) is 9.59 Å². The van der Waals surface area contributed by atoms with Gasteiger partial charge >= 0.3 is 12.0 Å². The monoisotopic (exact) mass is 334 g/mol. The van der Waals surface area contributed by atoms with Gasteiger partial charge in [0.2, 0.25) is 0 Å². The van der Waals surface area contributed by atoms with Crippen molar-refractivity contribution in [1.82, 2.24) is 10.6 Å². The van der Waals surface area contributed by atoms with Gasteiger partial charge in [0.25, 0.3) is 0 Å². The molecule has 1 fully saturated rings. The normalized spacial score (nSPS) is 25.6. The second kappa shape index (κ2) is 7.42. The molecule has 2 amide bonds. The summed E-state index contributed by atoms with van der Waals surface area (Å²) in [7, 11) is 0. The van der Waals surface area contributed by atoms with Crippen LogP contribution < -0.4 is 20.1 Å². The third-order valence-electron chi connectivity index (χ3n) is 4.47. The summed E-state index contributed by atoms with van der Waals surface area (Å²) in [5.74, 6) is 0.378. The Hall–Kier alpha value is -2.44. The molecule has 0 saturated heterocycles. The van der Waals surface area contributed by atoms with Gasteiger partial charge in [0, 0.05) is 6.04 Å². The predicted molar refractivity (Wildman–Crippen MR) is 86.3 cm³/mol. The first kappa shape index (κ1) is 16.4. The van der Waals surface area contributed by atoms with Crippen LogP contribution in [0.1, 0.15) is 25.7 Å². The Morgan fingerprint density at radius 2 is 1.83 bits per heavy atom. The molecule has 2 aliphatic rings. The fraction of sp³-hybridized carbons (Fsp3) is 0.529. The highest BCUT2D eigenvalue weighted by Gasteiger charge is 2.27. The topological polar surface area (TPSA) is 96.9 Å². The van der Waals surface area contributed by atoms with E-state index in [1.54, 1.807) is 0 Å². The summed E-state index contributed by atoms with van der Waals surface area (Å²) in [6, 6.07) is 7.22. The van der Waals surface area contributed by atoms with Crippen LogP contribution in [-0.2, 0) is 4.79 Å². The number of hydrogen-bond acceptors (Lipinski definition) is 4. The number of urea groups is 1. The zero-order valence-electron chi connectivity index (χ0n) is 13.4. The number of hydrogen-bond donors (Lipinski definition) is 3. The smallest absolute Gasteiger partial charge is 0.315 e. The van der Waals surface area contributed by atoms with Crippen LogP contribution in [0.3, 0.4) is 0 Å². The number of carboxylic acids is 1. The first-order chi connectivity index (χ1) is 11.6. The molecule has 130 valence electrons. The SMILES string of the molecule is O=C(NCC1COc2ccccc2O1)NC1CCC(C(=O)O)CC1. The van der Waals surface area contributed by atoms with Crippen LogP contribution in [0.4, 0.5) is 4.79 Å². The molecule has 1 aromatic carbocycles. The maximum Gasteiger partial charge on any atom is 0.315 e. The number of carbonyl (C=O) groups excluding carboxylic acids is 1. The van der Waals surface area contributed by atoms with E-state index in [1.165, 1.54) is 0 Å². The minimum Gasteiger partial charge on any atom is -0.486 e. The lowest BCUT2D eigenvalue weighted by Crippen LogP contribution is -2.48. The molecule has 7 nitrogen and oxygen atoms in total. The van der Waals surface area contributed by atoms with Crippen molar-refractivity contribution in [2.24, 2.45) is 5.92 Å². The third-order valence-corrected chi connectivity index (χ3v) is 4.47. The Kier molecular flexibility index (Phi) is 5.08. The lowest BCUT2D eigenvalue weighted by atomic mass is 9.86. The van der Waals surface area contributed by atoms with Gasteiger partial charge in [-0.05, 0) is 37.8 Å². The first-order valence-electron chi connectivity index (χ1n) is 8.27. The van der Waals surface area contributed by atoms with Crippen molar-refractivity contribution in [3.8, 4) is 11.5 Å². The van der Waals surface area contributed by atoms with Crippen LogP contribution in [-0.4, -0.2) is 42.4 Å². The van der Waals surface area contributed by atoms with E-state index in [0.29, 0.717) is 50.3 Å². The standard InChI is InChI=1S/C17H22N2O5/c20-16(21)11-5-7-12(8-6-11)19-17(22)18-9-13-10-23-14-3-1-2-4-15(14)24-13/h1-4,11-13H,5-10H2,(H,20,21)(H2,18,19,22). The summed E-state index contributed by atoms with van der Waals surface area (Å²) in [4.78, 5) is 22.9. The Bertz CT molecular complexity index is 598. The minimum absolute atomic E-state index is 0.0323. The van der Waals surface area contributed by atoms with Gasteiger partial charge in [-0.2, -0.15) is 0 Å². The zero-order valence-corrected chi connectivity index (χ0v) is 13.4. The van der Waals surface area contributed by atoms with E-state index in [1.807, 2.05) is 24.3 Å². The van der Waals surface area contributed by atoms with E-state index in [4.69, 9.17) is 14.6 Å². The summed E-state index contributed by atoms with van der Waals surface area (Å²) in [6.07, 6.45) is 2.38. The van der Waals surface area contributed by atoms with Crippen molar-refractivity contribution in [2.75, 3.05) is 13.2 Å². The van der Waals surface area contributed by atoms with Crippen LogP contribution >= 0.6 is 0 Å². The van der Waals surface area contributed by atoms with Crippen LogP contribution in [0.5, 0.6) is 11.5 Å². The summed E-state index contributed by atoms with van der Waals surface area (Å²) in [6.45, 7) is 0.742. The predicted octanol–water partition coefficient (Wildman–Crippen LogP) is 1.77. The van der Waals surface area contributed by atoms with Crippen molar-refractivity contribution >= 4 is 12.0 Å². The molecular formula is C17H22N2O5. The van der Waals surface area contributed by atoms with Gasteiger partial charge in [-0.25, -0.2) is 4.79 Å². The highest BCUT2D eigenvalue weighted by atomic mass is 16.6. The summed E-state index contributed by atoms with van der Waals surface area (Å²) in [5, 5.41) is 14.7. The number of amides is 2. The highest BCUT2D eigenvalue weighted by molar-refractivity contribution is 5.74. The molecule has 3 rings (SSSR count). The van der Waals surface area contributed by atoms with Gasteiger partial charge in [-0.15, -0.1) is 0 Å². The molecule has 0 aromatic heterocycles. The van der Waals surface area contributed by atoms with Gasteiger partial charge in [0.15, 0.2) is 17.6 Å². The van der Waals surface area contributed by atoms with Crippen LogP contribution in [0, 0.1) is 5.92 Å². The number of carboxylic acid groups (broad SMARTS) is 1. The molecule has 0 radical (unpaired) electrons. The molecule has 1 unspecified atom stereocenters.